The molecule has 0 aliphatic carbocycles. The Kier molecular flexibility index (Phi) is 3.82. The summed E-state index contributed by atoms with van der Waals surface area (Å²) in [5.74, 6) is -0.599. The Labute approximate surface area is 126 Å². The number of nitrogens with zero attached hydrogens (tertiary/aromatic N) is 2. The fourth-order valence-corrected chi connectivity index (χ4v) is 2.09. The first-order valence-electron chi connectivity index (χ1n) is 6.64. The van der Waals surface area contributed by atoms with Crippen molar-refractivity contribution in [3.63, 3.8) is 0 Å². The quantitative estimate of drug-likeness (QED) is 0.706. The SMILES string of the molecule is O=C(O)C=Cc1c[nH]c2ncnc(OCc3ccccc3)c12. The van der Waals surface area contributed by atoms with E-state index in [0.717, 1.165) is 11.6 Å². The molecule has 3 aromatic rings. The van der Waals surface area contributed by atoms with Gasteiger partial charge in [-0.1, -0.05) is 30.3 Å². The molecule has 0 radical (unpaired) electrons. The molecule has 0 saturated carbocycles. The lowest BCUT2D eigenvalue weighted by atomic mass is 10.2. The third kappa shape index (κ3) is 2.95. The lowest BCUT2D eigenvalue weighted by Gasteiger charge is -2.06. The van der Waals surface area contributed by atoms with Gasteiger partial charge in [0.05, 0.1) is 5.39 Å². The van der Waals surface area contributed by atoms with E-state index in [-0.39, 0.29) is 0 Å². The van der Waals surface area contributed by atoms with E-state index in [2.05, 4.69) is 15.0 Å². The lowest BCUT2D eigenvalue weighted by Crippen LogP contribution is -1.98. The highest BCUT2D eigenvalue weighted by molar-refractivity contribution is 5.94. The molecule has 1 aromatic carbocycles. The minimum Gasteiger partial charge on any atom is -0.478 e. The Morgan fingerprint density at radius 1 is 1.27 bits per heavy atom. The van der Waals surface area contributed by atoms with Crippen molar-refractivity contribution >= 4 is 23.1 Å². The summed E-state index contributed by atoms with van der Waals surface area (Å²) < 4.78 is 5.76. The van der Waals surface area contributed by atoms with Gasteiger partial charge in [0.15, 0.2) is 0 Å². The molecule has 0 atom stereocenters. The highest BCUT2D eigenvalue weighted by Gasteiger charge is 2.11. The molecular weight excluding hydrogens is 282 g/mol. The van der Waals surface area contributed by atoms with E-state index in [1.807, 2.05) is 30.3 Å². The summed E-state index contributed by atoms with van der Waals surface area (Å²) in [5.41, 5.74) is 2.29. The van der Waals surface area contributed by atoms with Crippen molar-refractivity contribution in [3.05, 3.63) is 60.1 Å². The maximum absolute atomic E-state index is 10.7. The second kappa shape index (κ2) is 6.09. The van der Waals surface area contributed by atoms with Crippen LogP contribution in [0.3, 0.4) is 0 Å². The van der Waals surface area contributed by atoms with Crippen molar-refractivity contribution in [1.29, 1.82) is 0 Å². The van der Waals surface area contributed by atoms with Crippen LogP contribution in [0.5, 0.6) is 5.88 Å². The van der Waals surface area contributed by atoms with Crippen LogP contribution in [0.25, 0.3) is 17.1 Å². The van der Waals surface area contributed by atoms with Crippen LogP contribution in [0.15, 0.2) is 48.9 Å². The maximum atomic E-state index is 10.7. The highest BCUT2D eigenvalue weighted by Crippen LogP contribution is 2.26. The Morgan fingerprint density at radius 2 is 2.09 bits per heavy atom. The molecule has 3 rings (SSSR count). The molecule has 0 unspecified atom stereocenters. The summed E-state index contributed by atoms with van der Waals surface area (Å²) in [7, 11) is 0. The number of hydrogen-bond donors (Lipinski definition) is 2. The van der Waals surface area contributed by atoms with Crippen LogP contribution in [-0.4, -0.2) is 26.0 Å². The van der Waals surface area contributed by atoms with E-state index in [1.54, 1.807) is 6.20 Å². The Morgan fingerprint density at radius 3 is 2.86 bits per heavy atom. The predicted molar refractivity (Wildman–Crippen MR) is 81.3 cm³/mol. The van der Waals surface area contributed by atoms with E-state index in [1.165, 1.54) is 12.4 Å². The molecule has 0 saturated heterocycles. The standard InChI is InChI=1S/C16H13N3O3/c20-13(21)7-6-12-8-17-15-14(12)16(19-10-18-15)22-9-11-4-2-1-3-5-11/h1-8,10H,9H2,(H,20,21)(H,17,18,19). The smallest absolute Gasteiger partial charge is 0.328 e. The van der Waals surface area contributed by atoms with Crippen LogP contribution in [0.1, 0.15) is 11.1 Å². The van der Waals surface area contributed by atoms with Crippen molar-refractivity contribution in [2.75, 3.05) is 0 Å². The first-order valence-corrected chi connectivity index (χ1v) is 6.64. The largest absolute Gasteiger partial charge is 0.478 e. The summed E-state index contributed by atoms with van der Waals surface area (Å²) in [6, 6.07) is 9.73. The second-order valence-electron chi connectivity index (χ2n) is 4.59. The van der Waals surface area contributed by atoms with Crippen LogP contribution in [0.2, 0.25) is 0 Å². The zero-order chi connectivity index (χ0) is 15.4. The molecule has 2 heterocycles. The molecule has 2 aromatic heterocycles. The average Bonchev–Trinajstić information content (AvgIpc) is 2.96. The van der Waals surface area contributed by atoms with Crippen molar-refractivity contribution in [3.8, 4) is 5.88 Å². The van der Waals surface area contributed by atoms with Gasteiger partial charge < -0.3 is 14.8 Å². The number of carboxylic acids is 1. The normalized spacial score (nSPS) is 11.1. The number of nitrogens with one attached hydrogen (secondary N) is 1. The molecule has 0 aliphatic heterocycles. The van der Waals surface area contributed by atoms with Gasteiger partial charge in [-0.25, -0.2) is 14.8 Å². The fourth-order valence-electron chi connectivity index (χ4n) is 2.09. The number of benzene rings is 1. The minimum atomic E-state index is -1.02. The summed E-state index contributed by atoms with van der Waals surface area (Å²) in [5, 5.41) is 9.41. The molecule has 0 aliphatic rings. The topological polar surface area (TPSA) is 88.1 Å². The third-order valence-electron chi connectivity index (χ3n) is 3.09. The van der Waals surface area contributed by atoms with Gasteiger partial charge in [0.1, 0.15) is 18.6 Å². The number of H-pyrrole nitrogens is 1. The zero-order valence-corrected chi connectivity index (χ0v) is 11.6. The van der Waals surface area contributed by atoms with Gasteiger partial charge in [0.25, 0.3) is 0 Å². The van der Waals surface area contributed by atoms with Crippen LogP contribution in [0.4, 0.5) is 0 Å². The van der Waals surface area contributed by atoms with E-state index in [0.29, 0.717) is 29.1 Å². The first kappa shape index (κ1) is 13.8. The van der Waals surface area contributed by atoms with Gasteiger partial charge in [-0.3, -0.25) is 0 Å². The summed E-state index contributed by atoms with van der Waals surface area (Å²) >= 11 is 0. The van der Waals surface area contributed by atoms with E-state index in [4.69, 9.17) is 9.84 Å². The Bertz CT molecular complexity index is 825. The molecule has 6 heteroatoms. The molecule has 0 fully saturated rings. The van der Waals surface area contributed by atoms with Gasteiger partial charge in [0.2, 0.25) is 5.88 Å². The maximum Gasteiger partial charge on any atom is 0.328 e. The average molecular weight is 295 g/mol. The number of aliphatic carboxylic acids is 1. The number of hydrogen-bond acceptors (Lipinski definition) is 4. The fraction of sp³-hybridized carbons (Fsp3) is 0.0625. The van der Waals surface area contributed by atoms with Crippen LogP contribution < -0.4 is 4.74 Å². The molecule has 6 nitrogen and oxygen atoms in total. The predicted octanol–water partition coefficient (Wildman–Crippen LogP) is 2.63. The second-order valence-corrected chi connectivity index (χ2v) is 4.59. The van der Waals surface area contributed by atoms with Gasteiger partial charge in [-0.2, -0.15) is 0 Å². The first-order chi connectivity index (χ1) is 10.7. The minimum absolute atomic E-state index is 0.375. The number of rotatable bonds is 5. The molecule has 0 spiro atoms. The van der Waals surface area contributed by atoms with Crippen LogP contribution >= 0.6 is 0 Å². The van der Waals surface area contributed by atoms with Crippen LogP contribution in [-0.2, 0) is 11.4 Å². The zero-order valence-electron chi connectivity index (χ0n) is 11.6. The lowest BCUT2D eigenvalue weighted by molar-refractivity contribution is -0.131. The van der Waals surface area contributed by atoms with Gasteiger partial charge in [0, 0.05) is 17.8 Å². The molecule has 0 bridgehead atoms. The summed E-state index contributed by atoms with van der Waals surface area (Å²) in [6.45, 7) is 0.375. The van der Waals surface area contributed by atoms with Gasteiger partial charge in [-0.05, 0) is 11.6 Å². The summed E-state index contributed by atoms with van der Waals surface area (Å²) in [4.78, 5) is 21.9. The highest BCUT2D eigenvalue weighted by atomic mass is 16.5. The molecule has 2 N–H and O–H groups in total. The van der Waals surface area contributed by atoms with Crippen LogP contribution in [0, 0.1) is 0 Å². The van der Waals surface area contributed by atoms with E-state index in [9.17, 15) is 4.79 Å². The number of fused-ring (bicyclic) bond motifs is 1. The van der Waals surface area contributed by atoms with Gasteiger partial charge >= 0.3 is 5.97 Å². The number of aromatic amines is 1. The molecule has 0 amide bonds. The van der Waals surface area contributed by atoms with Crippen molar-refractivity contribution in [1.82, 2.24) is 15.0 Å². The Hall–Kier alpha value is -3.15. The monoisotopic (exact) mass is 295 g/mol. The summed E-state index contributed by atoms with van der Waals surface area (Å²) in [6.07, 6.45) is 5.63. The molecule has 110 valence electrons. The van der Waals surface area contributed by atoms with Crippen molar-refractivity contribution in [2.45, 2.75) is 6.61 Å². The number of carboxylic acid groups (broad SMARTS) is 1. The van der Waals surface area contributed by atoms with Gasteiger partial charge in [-0.15, -0.1) is 0 Å². The Balaban J connectivity index is 1.91. The van der Waals surface area contributed by atoms with Crippen molar-refractivity contribution < 1.29 is 14.6 Å². The van der Waals surface area contributed by atoms with Crippen molar-refractivity contribution in [2.24, 2.45) is 0 Å². The molecular formula is C16H13N3O3. The number of carbonyl (C=O) groups is 1. The third-order valence-corrected chi connectivity index (χ3v) is 3.09. The molecule has 22 heavy (non-hydrogen) atoms. The number of aromatic nitrogens is 3. The number of ether oxygens (including phenoxy) is 1. The van der Waals surface area contributed by atoms with E-state index < -0.39 is 5.97 Å². The van der Waals surface area contributed by atoms with E-state index >= 15 is 0 Å².